The maximum Gasteiger partial charge on any atom is 0.151 e. The third kappa shape index (κ3) is 4.39. The van der Waals surface area contributed by atoms with Crippen molar-refractivity contribution in [2.75, 3.05) is 24.7 Å². The smallest absolute Gasteiger partial charge is 0.151 e. The highest BCUT2D eigenvalue weighted by molar-refractivity contribution is 7.91. The van der Waals surface area contributed by atoms with E-state index in [1.165, 1.54) is 0 Å². The average molecular weight is 249 g/mol. The second-order valence-corrected chi connectivity index (χ2v) is 7.03. The molecule has 4 nitrogen and oxygen atoms in total. The number of ether oxygens (including phenoxy) is 1. The maximum atomic E-state index is 11.4. The van der Waals surface area contributed by atoms with Crippen LogP contribution < -0.4 is 5.32 Å². The van der Waals surface area contributed by atoms with Crippen LogP contribution in [-0.2, 0) is 14.6 Å². The zero-order chi connectivity index (χ0) is 12.2. The fourth-order valence-corrected chi connectivity index (χ4v) is 3.07. The minimum atomic E-state index is -2.87. The zero-order valence-corrected chi connectivity index (χ0v) is 11.2. The molecule has 1 rings (SSSR count). The molecular weight excluding hydrogens is 226 g/mol. The molecule has 0 aromatic rings. The summed E-state index contributed by atoms with van der Waals surface area (Å²) in [7, 11) is -2.87. The van der Waals surface area contributed by atoms with E-state index in [2.05, 4.69) is 12.2 Å². The first-order valence-corrected chi connectivity index (χ1v) is 7.82. The van der Waals surface area contributed by atoms with Crippen LogP contribution in [0.15, 0.2) is 0 Å². The van der Waals surface area contributed by atoms with Gasteiger partial charge in [-0.15, -0.1) is 0 Å². The molecule has 5 heteroatoms. The molecule has 0 amide bonds. The van der Waals surface area contributed by atoms with Crippen LogP contribution in [0, 0.1) is 5.92 Å². The second kappa shape index (κ2) is 5.98. The van der Waals surface area contributed by atoms with Crippen LogP contribution in [0.1, 0.15) is 27.2 Å². The molecular formula is C11H23NO3S. The van der Waals surface area contributed by atoms with Crippen molar-refractivity contribution < 1.29 is 13.2 Å². The minimum Gasteiger partial charge on any atom is -0.378 e. The number of hydrogen-bond acceptors (Lipinski definition) is 4. The van der Waals surface area contributed by atoms with Crippen LogP contribution in [0.5, 0.6) is 0 Å². The molecule has 0 aromatic heterocycles. The summed E-state index contributed by atoms with van der Waals surface area (Å²) < 4.78 is 28.3. The standard InChI is InChI=1S/C11H23NO3S/c1-4-16(13,14)8-9(2)12-7-11-5-6-15-10(11)3/h9-12H,4-8H2,1-3H3. The fourth-order valence-electron chi connectivity index (χ4n) is 1.95. The van der Waals surface area contributed by atoms with Gasteiger partial charge in [-0.2, -0.15) is 0 Å². The Hall–Kier alpha value is -0.130. The first-order valence-electron chi connectivity index (χ1n) is 6.00. The van der Waals surface area contributed by atoms with Gasteiger partial charge in [-0.25, -0.2) is 8.42 Å². The summed E-state index contributed by atoms with van der Waals surface area (Å²) in [5.74, 6) is 0.972. The molecule has 1 aliphatic rings. The Morgan fingerprint density at radius 3 is 2.69 bits per heavy atom. The van der Waals surface area contributed by atoms with Gasteiger partial charge in [0.25, 0.3) is 0 Å². The Labute approximate surface area is 98.7 Å². The van der Waals surface area contributed by atoms with E-state index in [9.17, 15) is 8.42 Å². The zero-order valence-electron chi connectivity index (χ0n) is 10.4. The van der Waals surface area contributed by atoms with E-state index >= 15 is 0 Å². The van der Waals surface area contributed by atoms with Gasteiger partial charge in [-0.1, -0.05) is 6.92 Å². The van der Waals surface area contributed by atoms with Crippen molar-refractivity contribution in [3.8, 4) is 0 Å². The minimum absolute atomic E-state index is 0.0257. The summed E-state index contributed by atoms with van der Waals surface area (Å²) in [5.41, 5.74) is 0. The summed E-state index contributed by atoms with van der Waals surface area (Å²) in [5, 5.41) is 3.29. The van der Waals surface area contributed by atoms with Gasteiger partial charge < -0.3 is 10.1 Å². The third-order valence-electron chi connectivity index (χ3n) is 3.21. The Morgan fingerprint density at radius 1 is 1.50 bits per heavy atom. The predicted octanol–water partition coefficient (Wildman–Crippen LogP) is 0.824. The highest BCUT2D eigenvalue weighted by Gasteiger charge is 2.24. The van der Waals surface area contributed by atoms with Crippen molar-refractivity contribution in [2.24, 2.45) is 5.92 Å². The van der Waals surface area contributed by atoms with Gasteiger partial charge in [0.05, 0.1) is 11.9 Å². The van der Waals surface area contributed by atoms with Gasteiger partial charge in [0.2, 0.25) is 0 Å². The topological polar surface area (TPSA) is 55.4 Å². The summed E-state index contributed by atoms with van der Waals surface area (Å²) in [6.45, 7) is 7.37. The lowest BCUT2D eigenvalue weighted by Crippen LogP contribution is -2.38. The Bertz CT molecular complexity index is 302. The monoisotopic (exact) mass is 249 g/mol. The van der Waals surface area contributed by atoms with Crippen LogP contribution in [0.4, 0.5) is 0 Å². The van der Waals surface area contributed by atoms with E-state index in [1.807, 2.05) is 6.92 Å². The highest BCUT2D eigenvalue weighted by atomic mass is 32.2. The second-order valence-electron chi connectivity index (χ2n) is 4.63. The molecule has 0 spiro atoms. The van der Waals surface area contributed by atoms with Crippen molar-refractivity contribution in [1.29, 1.82) is 0 Å². The molecule has 3 atom stereocenters. The number of sulfone groups is 1. The number of nitrogens with one attached hydrogen (secondary N) is 1. The Morgan fingerprint density at radius 2 is 2.19 bits per heavy atom. The van der Waals surface area contributed by atoms with Crippen molar-refractivity contribution in [1.82, 2.24) is 5.32 Å². The summed E-state index contributed by atoms with van der Waals surface area (Å²) in [4.78, 5) is 0. The molecule has 0 radical (unpaired) electrons. The van der Waals surface area contributed by atoms with Gasteiger partial charge >= 0.3 is 0 Å². The molecule has 0 saturated carbocycles. The number of rotatable bonds is 6. The SMILES string of the molecule is CCS(=O)(=O)CC(C)NCC1CCOC1C. The third-order valence-corrected chi connectivity index (χ3v) is 5.09. The first kappa shape index (κ1) is 13.9. The average Bonchev–Trinajstić information content (AvgIpc) is 2.60. The molecule has 0 aromatic carbocycles. The molecule has 1 aliphatic heterocycles. The Balaban J connectivity index is 2.27. The van der Waals surface area contributed by atoms with E-state index in [-0.39, 0.29) is 17.5 Å². The lowest BCUT2D eigenvalue weighted by molar-refractivity contribution is 0.105. The molecule has 0 aliphatic carbocycles. The van der Waals surface area contributed by atoms with Crippen LogP contribution in [0.25, 0.3) is 0 Å². The summed E-state index contributed by atoms with van der Waals surface area (Å²) in [6, 6.07) is 0.0257. The van der Waals surface area contributed by atoms with E-state index in [4.69, 9.17) is 4.74 Å². The van der Waals surface area contributed by atoms with Crippen LogP contribution in [0.3, 0.4) is 0 Å². The fraction of sp³-hybridized carbons (Fsp3) is 1.00. The van der Waals surface area contributed by atoms with E-state index in [0.717, 1.165) is 19.6 Å². The van der Waals surface area contributed by atoms with Crippen molar-refractivity contribution >= 4 is 9.84 Å². The van der Waals surface area contributed by atoms with Gasteiger partial charge in [0.1, 0.15) is 0 Å². The Kier molecular flexibility index (Phi) is 5.21. The largest absolute Gasteiger partial charge is 0.378 e. The molecule has 1 N–H and O–H groups in total. The highest BCUT2D eigenvalue weighted by Crippen LogP contribution is 2.19. The summed E-state index contributed by atoms with van der Waals surface area (Å²) in [6.07, 6.45) is 1.36. The normalized spacial score (nSPS) is 28.2. The van der Waals surface area contributed by atoms with E-state index in [0.29, 0.717) is 12.0 Å². The van der Waals surface area contributed by atoms with Gasteiger partial charge in [-0.05, 0) is 26.2 Å². The predicted molar refractivity (Wildman–Crippen MR) is 65.3 cm³/mol. The molecule has 16 heavy (non-hydrogen) atoms. The maximum absolute atomic E-state index is 11.4. The molecule has 1 fully saturated rings. The molecule has 3 unspecified atom stereocenters. The molecule has 0 bridgehead atoms. The van der Waals surface area contributed by atoms with Crippen molar-refractivity contribution in [2.45, 2.75) is 39.3 Å². The lowest BCUT2D eigenvalue weighted by atomic mass is 10.0. The quantitative estimate of drug-likeness (QED) is 0.757. The van der Waals surface area contributed by atoms with Gasteiger partial charge in [0, 0.05) is 24.9 Å². The molecule has 1 heterocycles. The first-order chi connectivity index (χ1) is 7.44. The van der Waals surface area contributed by atoms with Crippen molar-refractivity contribution in [3.63, 3.8) is 0 Å². The van der Waals surface area contributed by atoms with E-state index < -0.39 is 9.84 Å². The summed E-state index contributed by atoms with van der Waals surface area (Å²) >= 11 is 0. The molecule has 96 valence electrons. The molecule has 1 saturated heterocycles. The number of hydrogen-bond donors (Lipinski definition) is 1. The van der Waals surface area contributed by atoms with Gasteiger partial charge in [0.15, 0.2) is 9.84 Å². The van der Waals surface area contributed by atoms with Crippen molar-refractivity contribution in [3.05, 3.63) is 0 Å². The van der Waals surface area contributed by atoms with Crippen LogP contribution in [0.2, 0.25) is 0 Å². The lowest BCUT2D eigenvalue weighted by Gasteiger charge is -2.18. The van der Waals surface area contributed by atoms with Gasteiger partial charge in [-0.3, -0.25) is 0 Å². The van der Waals surface area contributed by atoms with Crippen LogP contribution >= 0.6 is 0 Å². The van der Waals surface area contributed by atoms with E-state index in [1.54, 1.807) is 6.92 Å². The van der Waals surface area contributed by atoms with Crippen LogP contribution in [-0.4, -0.2) is 45.2 Å².